The molecule has 0 amide bonds. The van der Waals surface area contributed by atoms with Crippen LogP contribution < -0.4 is 5.32 Å². The van der Waals surface area contributed by atoms with Crippen LogP contribution in [0.4, 0.5) is 5.69 Å². The van der Waals surface area contributed by atoms with Crippen molar-refractivity contribution < 1.29 is 9.53 Å². The zero-order chi connectivity index (χ0) is 18.7. The summed E-state index contributed by atoms with van der Waals surface area (Å²) in [6.45, 7) is 9.60. The number of benzene rings is 1. The molecule has 1 N–H and O–H groups in total. The van der Waals surface area contributed by atoms with E-state index in [0.29, 0.717) is 5.56 Å². The molecule has 1 rings (SSSR count). The largest absolute Gasteiger partial charge is 0.465 e. The second-order valence-electron chi connectivity index (χ2n) is 6.78. The maximum Gasteiger partial charge on any atom is 0.339 e. The molecule has 3 heteroatoms. The summed E-state index contributed by atoms with van der Waals surface area (Å²) in [7, 11) is 1.40. The lowest BCUT2D eigenvalue weighted by atomic mass is 10.0. The SMILES string of the molecule is CCC(C)CC=C(C)CCC=C(C)CNc1ccccc1C(=O)OC. The number of esters is 1. The molecule has 0 heterocycles. The highest BCUT2D eigenvalue weighted by Crippen LogP contribution is 2.17. The summed E-state index contributed by atoms with van der Waals surface area (Å²) in [6, 6.07) is 7.44. The average molecular weight is 344 g/mol. The number of carbonyl (C=O) groups excluding carboxylic acids is 1. The molecular formula is C22H33NO2. The van der Waals surface area contributed by atoms with E-state index in [1.165, 1.54) is 31.1 Å². The van der Waals surface area contributed by atoms with E-state index in [1.54, 1.807) is 6.07 Å². The minimum Gasteiger partial charge on any atom is -0.465 e. The van der Waals surface area contributed by atoms with Gasteiger partial charge in [0.05, 0.1) is 12.7 Å². The van der Waals surface area contributed by atoms with Crippen LogP contribution in [0.5, 0.6) is 0 Å². The van der Waals surface area contributed by atoms with Gasteiger partial charge in [-0.3, -0.25) is 0 Å². The van der Waals surface area contributed by atoms with Gasteiger partial charge in [0.15, 0.2) is 0 Å². The van der Waals surface area contributed by atoms with Gasteiger partial charge in [-0.1, -0.05) is 55.7 Å². The molecule has 1 aromatic carbocycles. The third-order valence-electron chi connectivity index (χ3n) is 4.49. The second-order valence-corrected chi connectivity index (χ2v) is 6.78. The number of allylic oxidation sites excluding steroid dienone is 3. The fourth-order valence-electron chi connectivity index (χ4n) is 2.45. The van der Waals surface area contributed by atoms with E-state index in [2.05, 4.69) is 45.2 Å². The lowest BCUT2D eigenvalue weighted by molar-refractivity contribution is 0.0602. The summed E-state index contributed by atoms with van der Waals surface area (Å²) in [6.07, 6.45) is 9.22. The Morgan fingerprint density at radius 1 is 1.20 bits per heavy atom. The molecule has 138 valence electrons. The molecule has 1 unspecified atom stereocenters. The van der Waals surface area contributed by atoms with Gasteiger partial charge in [0.25, 0.3) is 0 Å². The quantitative estimate of drug-likeness (QED) is 0.418. The summed E-state index contributed by atoms with van der Waals surface area (Å²) in [5.74, 6) is 0.457. The third-order valence-corrected chi connectivity index (χ3v) is 4.49. The molecule has 0 aliphatic rings. The summed E-state index contributed by atoms with van der Waals surface area (Å²) >= 11 is 0. The summed E-state index contributed by atoms with van der Waals surface area (Å²) in [5.41, 5.74) is 4.12. The van der Waals surface area contributed by atoms with E-state index < -0.39 is 0 Å². The lowest BCUT2D eigenvalue weighted by Crippen LogP contribution is -2.09. The van der Waals surface area contributed by atoms with Gasteiger partial charge in [0.2, 0.25) is 0 Å². The van der Waals surface area contributed by atoms with Crippen LogP contribution in [0.2, 0.25) is 0 Å². The number of hydrogen-bond donors (Lipinski definition) is 1. The molecule has 0 bridgehead atoms. The van der Waals surface area contributed by atoms with Gasteiger partial charge in [0, 0.05) is 12.2 Å². The normalized spacial score (nSPS) is 13.5. The molecule has 0 fully saturated rings. The summed E-state index contributed by atoms with van der Waals surface area (Å²) in [4.78, 5) is 11.8. The van der Waals surface area contributed by atoms with Crippen LogP contribution in [0, 0.1) is 5.92 Å². The standard InChI is InChI=1S/C22H33NO2/c1-6-17(2)14-15-18(3)10-9-11-19(4)16-23-21-13-8-7-12-20(21)22(24)25-5/h7-8,11-13,15,17,23H,6,9-10,14,16H2,1-5H3. The van der Waals surface area contributed by atoms with Crippen molar-refractivity contribution in [3.63, 3.8) is 0 Å². The molecule has 1 aromatic rings. The van der Waals surface area contributed by atoms with Gasteiger partial charge >= 0.3 is 5.97 Å². The van der Waals surface area contributed by atoms with Crippen molar-refractivity contribution in [1.29, 1.82) is 0 Å². The maximum atomic E-state index is 11.8. The first-order chi connectivity index (χ1) is 12.0. The predicted octanol–water partition coefficient (Wildman–Crippen LogP) is 5.99. The maximum absolute atomic E-state index is 11.8. The molecule has 0 radical (unpaired) electrons. The predicted molar refractivity (Wildman–Crippen MR) is 107 cm³/mol. The zero-order valence-electron chi connectivity index (χ0n) is 16.4. The van der Waals surface area contributed by atoms with Crippen LogP contribution in [-0.4, -0.2) is 19.6 Å². The van der Waals surface area contributed by atoms with Crippen molar-refractivity contribution in [2.75, 3.05) is 19.0 Å². The fourth-order valence-corrected chi connectivity index (χ4v) is 2.45. The number of para-hydroxylation sites is 1. The summed E-state index contributed by atoms with van der Waals surface area (Å²) in [5, 5.41) is 3.33. The van der Waals surface area contributed by atoms with Crippen LogP contribution in [0.15, 0.2) is 47.6 Å². The summed E-state index contributed by atoms with van der Waals surface area (Å²) < 4.78 is 4.82. The molecule has 0 aliphatic heterocycles. The number of hydrogen-bond acceptors (Lipinski definition) is 3. The van der Waals surface area contributed by atoms with Crippen molar-refractivity contribution in [2.24, 2.45) is 5.92 Å². The smallest absolute Gasteiger partial charge is 0.339 e. The van der Waals surface area contributed by atoms with Gasteiger partial charge in [-0.2, -0.15) is 0 Å². The molecule has 0 aromatic heterocycles. The van der Waals surface area contributed by atoms with Gasteiger partial charge in [-0.25, -0.2) is 4.79 Å². The van der Waals surface area contributed by atoms with E-state index in [0.717, 1.165) is 31.0 Å². The third kappa shape index (κ3) is 8.06. The average Bonchev–Trinajstić information content (AvgIpc) is 2.63. The molecule has 0 aliphatic carbocycles. The lowest BCUT2D eigenvalue weighted by Gasteiger charge is -2.11. The molecule has 0 saturated heterocycles. The van der Waals surface area contributed by atoms with Crippen LogP contribution >= 0.6 is 0 Å². The topological polar surface area (TPSA) is 38.3 Å². The number of anilines is 1. The number of nitrogens with one attached hydrogen (secondary N) is 1. The Morgan fingerprint density at radius 3 is 2.60 bits per heavy atom. The first-order valence-corrected chi connectivity index (χ1v) is 9.20. The van der Waals surface area contributed by atoms with Crippen molar-refractivity contribution in [2.45, 2.75) is 53.4 Å². The number of ether oxygens (including phenoxy) is 1. The van der Waals surface area contributed by atoms with Crippen molar-refractivity contribution in [1.82, 2.24) is 0 Å². The molecule has 1 atom stereocenters. The van der Waals surface area contributed by atoms with Crippen molar-refractivity contribution >= 4 is 11.7 Å². The van der Waals surface area contributed by atoms with E-state index in [-0.39, 0.29) is 5.97 Å². The number of carbonyl (C=O) groups is 1. The van der Waals surface area contributed by atoms with E-state index >= 15 is 0 Å². The van der Waals surface area contributed by atoms with Gasteiger partial charge in [-0.05, 0) is 51.2 Å². The Hall–Kier alpha value is -2.03. The highest BCUT2D eigenvalue weighted by atomic mass is 16.5. The Balaban J connectivity index is 2.48. The molecular weight excluding hydrogens is 310 g/mol. The Labute approximate surface area is 153 Å². The van der Waals surface area contributed by atoms with Crippen molar-refractivity contribution in [3.8, 4) is 0 Å². The Bertz CT molecular complexity index is 602. The van der Waals surface area contributed by atoms with Crippen LogP contribution in [-0.2, 0) is 4.74 Å². The first-order valence-electron chi connectivity index (χ1n) is 9.20. The van der Waals surface area contributed by atoms with E-state index in [4.69, 9.17) is 4.74 Å². The second kappa shape index (κ2) is 11.5. The zero-order valence-corrected chi connectivity index (χ0v) is 16.4. The van der Waals surface area contributed by atoms with Crippen LogP contribution in [0.1, 0.15) is 63.7 Å². The van der Waals surface area contributed by atoms with E-state index in [9.17, 15) is 4.79 Å². The first kappa shape index (κ1) is 21.0. The van der Waals surface area contributed by atoms with Crippen LogP contribution in [0.25, 0.3) is 0 Å². The van der Waals surface area contributed by atoms with Gasteiger partial charge in [0.1, 0.15) is 0 Å². The molecule has 3 nitrogen and oxygen atoms in total. The molecule has 25 heavy (non-hydrogen) atoms. The fraction of sp³-hybridized carbons (Fsp3) is 0.500. The van der Waals surface area contributed by atoms with Gasteiger partial charge in [-0.15, -0.1) is 0 Å². The minimum absolute atomic E-state index is 0.313. The van der Waals surface area contributed by atoms with Crippen molar-refractivity contribution in [3.05, 3.63) is 53.1 Å². The minimum atomic E-state index is -0.313. The Morgan fingerprint density at radius 2 is 1.92 bits per heavy atom. The number of methoxy groups -OCH3 is 1. The van der Waals surface area contributed by atoms with Crippen LogP contribution in [0.3, 0.4) is 0 Å². The highest BCUT2D eigenvalue weighted by molar-refractivity contribution is 5.95. The van der Waals surface area contributed by atoms with E-state index in [1.807, 2.05) is 18.2 Å². The van der Waals surface area contributed by atoms with Gasteiger partial charge < -0.3 is 10.1 Å². The monoisotopic (exact) mass is 343 g/mol. The highest BCUT2D eigenvalue weighted by Gasteiger charge is 2.10. The molecule has 0 spiro atoms. The number of rotatable bonds is 10. The Kier molecular flexibility index (Phi) is 9.68. The molecule has 0 saturated carbocycles.